The summed E-state index contributed by atoms with van der Waals surface area (Å²) in [6, 6.07) is 13.5. The van der Waals surface area contributed by atoms with Gasteiger partial charge in [0.05, 0.1) is 53.3 Å². The number of nitrogens with zero attached hydrogens (tertiary/aromatic N) is 6. The highest BCUT2D eigenvalue weighted by Gasteiger charge is 2.64. The SMILES string of the molecule is CC1(C)OB(B2OC(C)(C)C(C)(C)O2)OC1(C)C.Cc1ccc(S(=O)(=O)n2c(C)c(B3OC(C)(C)C(C)(C)O3)c3cncnc32)cc1.Cc1ccc(S(=O)(=O)n2c(C)c(Br)c3cncnc32)cc1. The summed E-state index contributed by atoms with van der Waals surface area (Å²) in [7, 11) is -9.23. The van der Waals surface area contributed by atoms with E-state index in [1.165, 1.54) is 20.6 Å². The van der Waals surface area contributed by atoms with Crippen LogP contribution >= 0.6 is 15.9 Å². The van der Waals surface area contributed by atoms with E-state index in [0.29, 0.717) is 43.4 Å². The smallest absolute Gasteiger partial charge is 0.405 e. The number of benzene rings is 2. The lowest BCUT2D eigenvalue weighted by molar-refractivity contribution is 0.00578. The van der Waals surface area contributed by atoms with Crippen LogP contribution < -0.4 is 5.46 Å². The van der Waals surface area contributed by atoms with Crippen LogP contribution in [-0.4, -0.2) is 99.5 Å². The molecule has 7 heterocycles. The van der Waals surface area contributed by atoms with Crippen LogP contribution in [0.15, 0.2) is 87.8 Å². The topological polar surface area (TPSA) is 185 Å². The van der Waals surface area contributed by atoms with Crippen molar-refractivity contribution >= 4 is 84.6 Å². The fourth-order valence-corrected chi connectivity index (χ4v) is 11.3. The second-order valence-electron chi connectivity index (χ2n) is 20.4. The second-order valence-corrected chi connectivity index (χ2v) is 24.8. The molecule has 0 spiro atoms. The highest BCUT2D eigenvalue weighted by atomic mass is 79.9. The lowest BCUT2D eigenvalue weighted by atomic mass is 9.49. The molecular formula is C46H60B3BrN6O10S2. The minimum absolute atomic E-state index is 0.196. The van der Waals surface area contributed by atoms with E-state index in [2.05, 4.69) is 35.9 Å². The van der Waals surface area contributed by atoms with Gasteiger partial charge in [0.25, 0.3) is 20.0 Å². The summed E-state index contributed by atoms with van der Waals surface area (Å²) in [6.07, 6.45) is 5.89. The molecular weight excluding hydrogens is 973 g/mol. The predicted octanol–water partition coefficient (Wildman–Crippen LogP) is 7.88. The van der Waals surface area contributed by atoms with Gasteiger partial charge in [-0.25, -0.2) is 44.7 Å². The summed E-state index contributed by atoms with van der Waals surface area (Å²) < 4.78 is 92.2. The first kappa shape index (κ1) is 51.9. The molecule has 3 aliphatic rings. The second kappa shape index (κ2) is 17.7. The molecule has 362 valence electrons. The van der Waals surface area contributed by atoms with E-state index in [1.807, 2.05) is 96.9 Å². The van der Waals surface area contributed by atoms with Crippen LogP contribution in [0.2, 0.25) is 0 Å². The van der Waals surface area contributed by atoms with Crippen LogP contribution in [-0.2, 0) is 48.0 Å². The largest absolute Gasteiger partial charge is 0.497 e. The van der Waals surface area contributed by atoms with Crippen LogP contribution in [0.5, 0.6) is 0 Å². The first-order valence-electron chi connectivity index (χ1n) is 22.3. The van der Waals surface area contributed by atoms with Crippen LogP contribution in [0.3, 0.4) is 0 Å². The molecule has 16 nitrogen and oxygen atoms in total. The minimum atomic E-state index is -3.86. The predicted molar refractivity (Wildman–Crippen MR) is 268 cm³/mol. The van der Waals surface area contributed by atoms with Crippen molar-refractivity contribution in [2.75, 3.05) is 0 Å². The van der Waals surface area contributed by atoms with Crippen molar-refractivity contribution in [2.24, 2.45) is 0 Å². The van der Waals surface area contributed by atoms with Gasteiger partial charge in [0.15, 0.2) is 11.3 Å². The van der Waals surface area contributed by atoms with E-state index in [9.17, 15) is 16.8 Å². The molecule has 6 aromatic rings. The zero-order valence-corrected chi connectivity index (χ0v) is 44.8. The normalized spacial score (nSPS) is 20.0. The Hall–Kier alpha value is -3.99. The van der Waals surface area contributed by atoms with E-state index < -0.39 is 52.4 Å². The molecule has 68 heavy (non-hydrogen) atoms. The van der Waals surface area contributed by atoms with Crippen molar-refractivity contribution in [3.63, 3.8) is 0 Å². The molecule has 9 rings (SSSR count). The van der Waals surface area contributed by atoms with Crippen LogP contribution in [0, 0.1) is 27.7 Å². The van der Waals surface area contributed by atoms with Gasteiger partial charge < -0.3 is 27.9 Å². The molecule has 2 aromatic carbocycles. The monoisotopic (exact) mass is 1030 g/mol. The quantitative estimate of drug-likeness (QED) is 0.147. The van der Waals surface area contributed by atoms with Crippen molar-refractivity contribution in [1.29, 1.82) is 0 Å². The fourth-order valence-electron chi connectivity index (χ4n) is 7.70. The maximum Gasteiger partial charge on any atom is 0.497 e. The van der Waals surface area contributed by atoms with E-state index in [0.717, 1.165) is 11.1 Å². The lowest BCUT2D eigenvalue weighted by Gasteiger charge is -2.32. The van der Waals surface area contributed by atoms with Gasteiger partial charge in [-0.3, -0.25) is 0 Å². The molecule has 0 saturated carbocycles. The van der Waals surface area contributed by atoms with Crippen molar-refractivity contribution in [3.05, 3.63) is 101 Å². The molecule has 22 heteroatoms. The van der Waals surface area contributed by atoms with Gasteiger partial charge >= 0.3 is 21.1 Å². The average Bonchev–Trinajstić information content (AvgIpc) is 3.91. The summed E-state index contributed by atoms with van der Waals surface area (Å²) in [4.78, 5) is 16.9. The zero-order valence-electron chi connectivity index (χ0n) is 41.6. The van der Waals surface area contributed by atoms with Crippen LogP contribution in [0.1, 0.15) is 106 Å². The number of halogens is 1. The molecule has 3 saturated heterocycles. The molecule has 0 N–H and O–H groups in total. The lowest BCUT2D eigenvalue weighted by Crippen LogP contribution is -2.41. The maximum atomic E-state index is 13.5. The maximum absolute atomic E-state index is 13.5. The number of aryl methyl sites for hydroxylation is 2. The first-order chi connectivity index (χ1) is 31.3. The van der Waals surface area contributed by atoms with Gasteiger partial charge in [-0.15, -0.1) is 0 Å². The third-order valence-corrected chi connectivity index (χ3v) is 18.6. The van der Waals surface area contributed by atoms with Gasteiger partial charge in [0.1, 0.15) is 12.7 Å². The number of aromatic nitrogens is 6. The van der Waals surface area contributed by atoms with Crippen molar-refractivity contribution in [2.45, 2.75) is 154 Å². The van der Waals surface area contributed by atoms with E-state index in [4.69, 9.17) is 27.9 Å². The average molecular weight is 1030 g/mol. The third kappa shape index (κ3) is 9.13. The van der Waals surface area contributed by atoms with E-state index >= 15 is 0 Å². The van der Waals surface area contributed by atoms with Crippen molar-refractivity contribution < 1.29 is 44.8 Å². The summed E-state index contributed by atoms with van der Waals surface area (Å²) in [5, 5.41) is 1.27. The summed E-state index contributed by atoms with van der Waals surface area (Å²) in [5.74, 6) is 0. The highest BCUT2D eigenvalue weighted by molar-refractivity contribution is 9.10. The van der Waals surface area contributed by atoms with E-state index in [-0.39, 0.29) is 32.2 Å². The van der Waals surface area contributed by atoms with Gasteiger partial charge in [0.2, 0.25) is 0 Å². The molecule has 0 amide bonds. The standard InChI is InChI=1S/C20H24BN3O4S.C14H12BrN3O2S.C12H24B2O4/c1-13-7-9-15(10-8-13)29(25,26)24-14(2)17(16-11-22-12-23-18(16)24)21-27-19(3,4)20(5,6)28-21;1-9-3-5-11(6-4-9)21(19,20)18-10(2)13(15)12-7-16-8-17-14(12)18;1-9(2)10(3,4)16-13(15-9)14-17-11(5,6)12(7,8)18-14/h7-12H,1-6H3;3-8H,1-2H3;1-8H3. The number of hydrogen-bond acceptors (Lipinski definition) is 14. The molecule has 0 bridgehead atoms. The Bertz CT molecular complexity index is 3020. The molecule has 3 aliphatic heterocycles. The van der Waals surface area contributed by atoms with Crippen molar-refractivity contribution in [3.8, 4) is 0 Å². The fraction of sp³-hybridized carbons (Fsp3) is 0.478. The highest BCUT2D eigenvalue weighted by Crippen LogP contribution is 2.43. The molecule has 0 radical (unpaired) electrons. The summed E-state index contributed by atoms with van der Waals surface area (Å²) in [5.41, 5.74) is 1.84. The Morgan fingerprint density at radius 3 is 1.19 bits per heavy atom. The molecule has 3 fully saturated rings. The Morgan fingerprint density at radius 2 is 0.809 bits per heavy atom. The van der Waals surface area contributed by atoms with Gasteiger partial charge in [-0.2, -0.15) is 0 Å². The Kier molecular flexibility index (Phi) is 13.5. The number of rotatable bonds is 6. The van der Waals surface area contributed by atoms with Crippen molar-refractivity contribution in [1.82, 2.24) is 27.9 Å². The number of hydrogen-bond donors (Lipinski definition) is 0. The first-order valence-corrected chi connectivity index (χ1v) is 25.9. The Morgan fingerprint density at radius 1 is 0.485 bits per heavy atom. The molecule has 0 atom stereocenters. The Balaban J connectivity index is 0.000000156. The summed E-state index contributed by atoms with van der Waals surface area (Å²) in [6.45, 7) is 31.3. The molecule has 0 unspecified atom stereocenters. The van der Waals surface area contributed by atoms with Gasteiger partial charge in [0, 0.05) is 34.6 Å². The van der Waals surface area contributed by atoms with E-state index in [1.54, 1.807) is 74.8 Å². The number of fused-ring (bicyclic) bond motifs is 2. The van der Waals surface area contributed by atoms with Crippen LogP contribution in [0.4, 0.5) is 0 Å². The molecule has 4 aromatic heterocycles. The zero-order chi connectivity index (χ0) is 50.4. The van der Waals surface area contributed by atoms with Gasteiger partial charge in [-0.1, -0.05) is 35.4 Å². The third-order valence-electron chi connectivity index (χ3n) is 14.0. The summed E-state index contributed by atoms with van der Waals surface area (Å²) >= 11 is 3.41. The molecule has 0 aliphatic carbocycles. The Labute approximate surface area is 409 Å². The minimum Gasteiger partial charge on any atom is -0.405 e. The van der Waals surface area contributed by atoms with Gasteiger partial charge in [-0.05, 0) is 151 Å². The van der Waals surface area contributed by atoms with Crippen LogP contribution in [0.25, 0.3) is 22.1 Å².